The van der Waals surface area contributed by atoms with Gasteiger partial charge in [-0.15, -0.1) is 7.92 Å². The highest BCUT2D eigenvalue weighted by atomic mass is 31.1. The van der Waals surface area contributed by atoms with Crippen LogP contribution >= 0.6 is 7.92 Å². The maximum Gasteiger partial charge on any atom is -0.0126 e. The van der Waals surface area contributed by atoms with E-state index in [0.29, 0.717) is 5.16 Å². The average Bonchev–Trinajstić information content (AvgIpc) is 2.01. The summed E-state index contributed by atoms with van der Waals surface area (Å²) in [5.74, 6) is 0.857. The fraction of sp³-hybridized carbons (Fsp3) is 1.00. The first-order valence-corrected chi connectivity index (χ1v) is 6.92. The molecule has 0 aromatic carbocycles. The summed E-state index contributed by atoms with van der Waals surface area (Å²) in [6.45, 7) is 16.7. The van der Waals surface area contributed by atoms with Crippen LogP contribution in [0.25, 0.3) is 0 Å². The molecule has 1 unspecified atom stereocenters. The van der Waals surface area contributed by atoms with Gasteiger partial charge in [-0.1, -0.05) is 48.0 Å². The van der Waals surface area contributed by atoms with Gasteiger partial charge >= 0.3 is 0 Å². The molecule has 0 N–H and O–H groups in total. The molecule has 0 nitrogen and oxygen atoms in total. The summed E-state index contributed by atoms with van der Waals surface area (Å²) in [5, 5.41) is 0.554. The predicted octanol–water partition coefficient (Wildman–Crippen LogP) is 4.33. The lowest BCUT2D eigenvalue weighted by Gasteiger charge is -2.40. The molecule has 74 valence electrons. The topological polar surface area (TPSA) is 0 Å². The van der Waals surface area contributed by atoms with E-state index < -0.39 is 0 Å². The molecule has 12 heavy (non-hydrogen) atoms. The SMILES string of the molecule is CC[C@@H](C)C(C)(C)P(C)C(C)C. The molecule has 0 aromatic heterocycles. The van der Waals surface area contributed by atoms with Crippen LogP contribution in [0.5, 0.6) is 0 Å². The number of hydrogen-bond acceptors (Lipinski definition) is 0. The van der Waals surface area contributed by atoms with Crippen molar-refractivity contribution in [1.82, 2.24) is 0 Å². The molecule has 0 saturated heterocycles. The Kier molecular flexibility index (Phi) is 4.77. The van der Waals surface area contributed by atoms with Crippen molar-refractivity contribution in [3.8, 4) is 0 Å². The fourth-order valence-corrected chi connectivity index (χ4v) is 3.72. The third-order valence-corrected chi connectivity index (χ3v) is 7.31. The van der Waals surface area contributed by atoms with Gasteiger partial charge in [0, 0.05) is 0 Å². The molecule has 0 spiro atoms. The second-order valence-electron chi connectivity index (χ2n) is 4.67. The summed E-state index contributed by atoms with van der Waals surface area (Å²) < 4.78 is 0. The quantitative estimate of drug-likeness (QED) is 0.576. The summed E-state index contributed by atoms with van der Waals surface area (Å²) in [4.78, 5) is 0. The molecule has 0 rings (SSSR count). The molecule has 0 aliphatic heterocycles. The predicted molar refractivity (Wildman–Crippen MR) is 61.5 cm³/mol. The maximum atomic E-state index is 2.45. The van der Waals surface area contributed by atoms with Gasteiger partial charge in [-0.25, -0.2) is 0 Å². The highest BCUT2D eigenvalue weighted by Crippen LogP contribution is 2.54. The second kappa shape index (κ2) is 4.61. The molecule has 1 heteroatoms. The molecular weight excluding hydrogens is 163 g/mol. The Morgan fingerprint density at radius 2 is 1.58 bits per heavy atom. The molecular formula is C11H25P. The molecule has 0 fully saturated rings. The smallest absolute Gasteiger partial charge is 0.0126 e. The lowest BCUT2D eigenvalue weighted by Crippen LogP contribution is -2.29. The van der Waals surface area contributed by atoms with Crippen LogP contribution in [0.2, 0.25) is 0 Å². The first-order chi connectivity index (χ1) is 5.34. The van der Waals surface area contributed by atoms with Gasteiger partial charge in [-0.3, -0.25) is 0 Å². The van der Waals surface area contributed by atoms with Crippen LogP contribution in [-0.4, -0.2) is 17.5 Å². The van der Waals surface area contributed by atoms with Gasteiger partial charge < -0.3 is 0 Å². The molecule has 0 amide bonds. The van der Waals surface area contributed by atoms with E-state index in [1.807, 2.05) is 0 Å². The van der Waals surface area contributed by atoms with Crippen LogP contribution in [0.15, 0.2) is 0 Å². The number of hydrogen-bond donors (Lipinski definition) is 0. The van der Waals surface area contributed by atoms with E-state index in [9.17, 15) is 0 Å². The van der Waals surface area contributed by atoms with Crippen molar-refractivity contribution in [2.24, 2.45) is 5.92 Å². The van der Waals surface area contributed by atoms with Crippen molar-refractivity contribution in [3.05, 3.63) is 0 Å². The minimum absolute atomic E-state index is 0.172. The summed E-state index contributed by atoms with van der Waals surface area (Å²) in [7, 11) is 0.172. The van der Waals surface area contributed by atoms with Crippen LogP contribution in [0.3, 0.4) is 0 Å². The third kappa shape index (κ3) is 2.73. The molecule has 0 bridgehead atoms. The van der Waals surface area contributed by atoms with Crippen LogP contribution in [0.1, 0.15) is 48.0 Å². The van der Waals surface area contributed by atoms with Crippen LogP contribution in [0, 0.1) is 5.92 Å². The van der Waals surface area contributed by atoms with E-state index in [1.54, 1.807) is 0 Å². The van der Waals surface area contributed by atoms with Crippen molar-refractivity contribution >= 4 is 7.92 Å². The summed E-state index contributed by atoms with van der Waals surface area (Å²) in [6, 6.07) is 0. The van der Waals surface area contributed by atoms with Gasteiger partial charge in [-0.05, 0) is 23.4 Å². The van der Waals surface area contributed by atoms with Crippen molar-refractivity contribution in [3.63, 3.8) is 0 Å². The van der Waals surface area contributed by atoms with Gasteiger partial charge in [0.15, 0.2) is 0 Å². The zero-order chi connectivity index (χ0) is 9.94. The van der Waals surface area contributed by atoms with E-state index in [0.717, 1.165) is 11.6 Å². The monoisotopic (exact) mass is 188 g/mol. The normalized spacial score (nSPS) is 18.0. The van der Waals surface area contributed by atoms with Crippen molar-refractivity contribution in [2.75, 3.05) is 6.66 Å². The minimum Gasteiger partial charge on any atom is -0.101 e. The summed E-state index contributed by atoms with van der Waals surface area (Å²) in [5.41, 5.74) is 0.865. The molecule has 2 atom stereocenters. The van der Waals surface area contributed by atoms with Gasteiger partial charge in [0.1, 0.15) is 0 Å². The Balaban J connectivity index is 4.37. The Labute approximate surface area is 79.9 Å². The van der Waals surface area contributed by atoms with Gasteiger partial charge in [0.05, 0.1) is 0 Å². The molecule has 0 heterocycles. The zero-order valence-corrected chi connectivity index (χ0v) is 10.7. The molecule has 0 aliphatic rings. The third-order valence-electron chi connectivity index (χ3n) is 3.50. The van der Waals surface area contributed by atoms with E-state index in [1.165, 1.54) is 6.42 Å². The highest BCUT2D eigenvalue weighted by molar-refractivity contribution is 7.59. The Bertz CT molecular complexity index is 127. The highest BCUT2D eigenvalue weighted by Gasteiger charge is 2.31. The average molecular weight is 188 g/mol. The summed E-state index contributed by atoms with van der Waals surface area (Å²) >= 11 is 0. The molecule has 0 aromatic rings. The first kappa shape index (κ1) is 12.4. The van der Waals surface area contributed by atoms with Crippen molar-refractivity contribution in [1.29, 1.82) is 0 Å². The standard InChI is InChI=1S/C11H25P/c1-8-10(4)11(5,6)12(7)9(2)3/h9-10H,8H2,1-7H3/t10-,12?/m1/s1. The Morgan fingerprint density at radius 3 is 1.83 bits per heavy atom. The van der Waals surface area contributed by atoms with E-state index in [4.69, 9.17) is 0 Å². The van der Waals surface area contributed by atoms with E-state index >= 15 is 0 Å². The van der Waals surface area contributed by atoms with Crippen LogP contribution in [-0.2, 0) is 0 Å². The van der Waals surface area contributed by atoms with Crippen LogP contribution in [0.4, 0.5) is 0 Å². The molecule has 0 saturated carbocycles. The Morgan fingerprint density at radius 1 is 1.17 bits per heavy atom. The Hall–Kier alpha value is 0.430. The van der Waals surface area contributed by atoms with Gasteiger partial charge in [0.2, 0.25) is 0 Å². The molecule has 0 aliphatic carbocycles. The van der Waals surface area contributed by atoms with Gasteiger partial charge in [0.25, 0.3) is 0 Å². The molecule has 0 radical (unpaired) electrons. The summed E-state index contributed by atoms with van der Waals surface area (Å²) in [6.07, 6.45) is 1.31. The second-order valence-corrected chi connectivity index (χ2v) is 8.07. The number of rotatable bonds is 4. The van der Waals surface area contributed by atoms with Gasteiger partial charge in [-0.2, -0.15) is 0 Å². The lowest BCUT2D eigenvalue weighted by atomic mass is 9.94. The largest absolute Gasteiger partial charge is 0.101 e. The maximum absolute atomic E-state index is 2.45. The first-order valence-electron chi connectivity index (χ1n) is 5.07. The van der Waals surface area contributed by atoms with E-state index in [-0.39, 0.29) is 7.92 Å². The van der Waals surface area contributed by atoms with E-state index in [2.05, 4.69) is 48.2 Å². The fourth-order valence-electron chi connectivity index (χ4n) is 1.51. The minimum atomic E-state index is 0.172. The zero-order valence-electron chi connectivity index (χ0n) is 9.81. The van der Waals surface area contributed by atoms with Crippen LogP contribution < -0.4 is 0 Å². The van der Waals surface area contributed by atoms with Crippen molar-refractivity contribution < 1.29 is 0 Å². The lowest BCUT2D eigenvalue weighted by molar-refractivity contribution is 0.438. The van der Waals surface area contributed by atoms with Crippen molar-refractivity contribution in [2.45, 2.75) is 58.8 Å².